The molecule has 2 N–H and O–H groups in total. The van der Waals surface area contributed by atoms with Crippen LogP contribution in [0.25, 0.3) is 0 Å². The Labute approximate surface area is 136 Å². The average molecular weight is 320 g/mol. The van der Waals surface area contributed by atoms with Crippen molar-refractivity contribution in [1.29, 1.82) is 0 Å². The number of amides is 2. The highest BCUT2D eigenvalue weighted by atomic mass is 16.5. The lowest BCUT2D eigenvalue weighted by Crippen LogP contribution is -2.35. The zero-order valence-electron chi connectivity index (χ0n) is 13.8. The van der Waals surface area contributed by atoms with Crippen LogP contribution in [0.4, 0.5) is 0 Å². The van der Waals surface area contributed by atoms with Gasteiger partial charge in [0.25, 0.3) is 5.91 Å². The molecule has 1 fully saturated rings. The van der Waals surface area contributed by atoms with Crippen molar-refractivity contribution in [1.82, 2.24) is 10.6 Å². The minimum absolute atomic E-state index is 0.0265. The van der Waals surface area contributed by atoms with Crippen molar-refractivity contribution in [2.75, 3.05) is 20.2 Å². The van der Waals surface area contributed by atoms with E-state index in [0.29, 0.717) is 30.2 Å². The molecule has 0 unspecified atom stereocenters. The first kappa shape index (κ1) is 17.1. The normalized spacial score (nSPS) is 13.6. The molecule has 0 heterocycles. The summed E-state index contributed by atoms with van der Waals surface area (Å²) in [5.74, 6) is 1.18. The van der Waals surface area contributed by atoms with Crippen LogP contribution in [0, 0.1) is 5.92 Å². The van der Waals surface area contributed by atoms with E-state index in [9.17, 15) is 9.59 Å². The standard InChI is InChI=1S/C17H24N2O4/c1-11(2)23-14-7-6-13(10-15(14)22-3)17(21)19-9-8-18-16(20)12-4-5-12/h6-7,10-12H,4-5,8-9H2,1-3H3,(H,18,20)(H,19,21). The van der Waals surface area contributed by atoms with Crippen molar-refractivity contribution in [2.45, 2.75) is 32.8 Å². The fraction of sp³-hybridized carbons (Fsp3) is 0.529. The Kier molecular flexibility index (Phi) is 5.84. The van der Waals surface area contributed by atoms with E-state index in [4.69, 9.17) is 9.47 Å². The maximum absolute atomic E-state index is 12.1. The van der Waals surface area contributed by atoms with E-state index < -0.39 is 0 Å². The minimum Gasteiger partial charge on any atom is -0.493 e. The number of ether oxygens (including phenoxy) is 2. The summed E-state index contributed by atoms with van der Waals surface area (Å²) in [5, 5.41) is 5.58. The largest absolute Gasteiger partial charge is 0.493 e. The van der Waals surface area contributed by atoms with Crippen molar-refractivity contribution in [3.05, 3.63) is 23.8 Å². The summed E-state index contributed by atoms with van der Waals surface area (Å²) in [6.45, 7) is 4.68. The van der Waals surface area contributed by atoms with Gasteiger partial charge in [-0.05, 0) is 44.9 Å². The molecule has 1 aromatic rings. The molecular formula is C17H24N2O4. The lowest BCUT2D eigenvalue weighted by atomic mass is 10.2. The summed E-state index contributed by atoms with van der Waals surface area (Å²) in [5.41, 5.74) is 0.492. The average Bonchev–Trinajstić information content (AvgIpc) is 3.35. The van der Waals surface area contributed by atoms with Crippen molar-refractivity contribution in [3.63, 3.8) is 0 Å². The van der Waals surface area contributed by atoms with Gasteiger partial charge < -0.3 is 20.1 Å². The summed E-state index contributed by atoms with van der Waals surface area (Å²) >= 11 is 0. The quantitative estimate of drug-likeness (QED) is 0.715. The molecule has 126 valence electrons. The Balaban J connectivity index is 1.84. The number of hydrogen-bond acceptors (Lipinski definition) is 4. The fourth-order valence-electron chi connectivity index (χ4n) is 2.11. The van der Waals surface area contributed by atoms with Crippen molar-refractivity contribution < 1.29 is 19.1 Å². The van der Waals surface area contributed by atoms with Gasteiger partial charge >= 0.3 is 0 Å². The van der Waals surface area contributed by atoms with Crippen LogP contribution in [0.15, 0.2) is 18.2 Å². The molecule has 1 aliphatic rings. The van der Waals surface area contributed by atoms with Crippen molar-refractivity contribution in [3.8, 4) is 11.5 Å². The maximum Gasteiger partial charge on any atom is 0.251 e. The Morgan fingerprint density at radius 2 is 1.87 bits per heavy atom. The van der Waals surface area contributed by atoms with Gasteiger partial charge in [0.15, 0.2) is 11.5 Å². The van der Waals surface area contributed by atoms with E-state index in [-0.39, 0.29) is 23.8 Å². The molecule has 1 aromatic carbocycles. The third kappa shape index (κ3) is 5.16. The number of nitrogens with one attached hydrogen (secondary N) is 2. The van der Waals surface area contributed by atoms with E-state index in [1.807, 2.05) is 13.8 Å². The Bertz CT molecular complexity index is 568. The van der Waals surface area contributed by atoms with E-state index >= 15 is 0 Å². The molecule has 0 radical (unpaired) electrons. The number of methoxy groups -OCH3 is 1. The summed E-state index contributed by atoms with van der Waals surface area (Å²) in [7, 11) is 1.54. The molecule has 0 spiro atoms. The Morgan fingerprint density at radius 1 is 1.17 bits per heavy atom. The SMILES string of the molecule is COc1cc(C(=O)NCCNC(=O)C2CC2)ccc1OC(C)C. The molecule has 0 aliphatic heterocycles. The lowest BCUT2D eigenvalue weighted by molar-refractivity contribution is -0.122. The molecule has 1 saturated carbocycles. The van der Waals surface area contributed by atoms with E-state index in [2.05, 4.69) is 10.6 Å². The predicted octanol–water partition coefficient (Wildman–Crippen LogP) is 1.74. The van der Waals surface area contributed by atoms with Gasteiger partial charge in [0.2, 0.25) is 5.91 Å². The highest BCUT2D eigenvalue weighted by molar-refractivity contribution is 5.94. The van der Waals surface area contributed by atoms with Gasteiger partial charge in [-0.3, -0.25) is 9.59 Å². The summed E-state index contributed by atoms with van der Waals surface area (Å²) in [6, 6.07) is 5.07. The van der Waals surface area contributed by atoms with E-state index in [1.165, 1.54) is 7.11 Å². The second-order valence-electron chi connectivity index (χ2n) is 5.85. The lowest BCUT2D eigenvalue weighted by Gasteiger charge is -2.14. The van der Waals surface area contributed by atoms with Crippen LogP contribution in [0.5, 0.6) is 11.5 Å². The van der Waals surface area contributed by atoms with Crippen LogP contribution in [0.3, 0.4) is 0 Å². The van der Waals surface area contributed by atoms with Gasteiger partial charge in [0.05, 0.1) is 13.2 Å². The highest BCUT2D eigenvalue weighted by Gasteiger charge is 2.29. The van der Waals surface area contributed by atoms with E-state index in [1.54, 1.807) is 18.2 Å². The second kappa shape index (κ2) is 7.85. The third-order valence-corrected chi connectivity index (χ3v) is 3.45. The van der Waals surface area contributed by atoms with Gasteiger partial charge in [-0.25, -0.2) is 0 Å². The second-order valence-corrected chi connectivity index (χ2v) is 5.85. The molecule has 6 nitrogen and oxygen atoms in total. The zero-order chi connectivity index (χ0) is 16.8. The summed E-state index contributed by atoms with van der Waals surface area (Å²) < 4.78 is 10.9. The molecule has 2 amide bonds. The van der Waals surface area contributed by atoms with Gasteiger partial charge in [-0.15, -0.1) is 0 Å². The summed E-state index contributed by atoms with van der Waals surface area (Å²) in [4.78, 5) is 23.6. The number of benzene rings is 1. The summed E-state index contributed by atoms with van der Waals surface area (Å²) in [6.07, 6.45) is 1.98. The molecule has 0 aromatic heterocycles. The molecule has 0 saturated heterocycles. The molecule has 6 heteroatoms. The topological polar surface area (TPSA) is 76.7 Å². The van der Waals surface area contributed by atoms with Crippen LogP contribution < -0.4 is 20.1 Å². The predicted molar refractivity (Wildman–Crippen MR) is 86.8 cm³/mol. The first-order valence-corrected chi connectivity index (χ1v) is 7.92. The minimum atomic E-state index is -0.208. The van der Waals surface area contributed by atoms with Crippen LogP contribution in [-0.2, 0) is 4.79 Å². The van der Waals surface area contributed by atoms with Gasteiger partial charge in [-0.2, -0.15) is 0 Å². The molecule has 1 aliphatic carbocycles. The van der Waals surface area contributed by atoms with Crippen LogP contribution in [0.1, 0.15) is 37.0 Å². The van der Waals surface area contributed by atoms with Crippen LogP contribution in [0.2, 0.25) is 0 Å². The van der Waals surface area contributed by atoms with Crippen LogP contribution in [-0.4, -0.2) is 38.1 Å². The first-order chi connectivity index (χ1) is 11.0. The van der Waals surface area contributed by atoms with Crippen molar-refractivity contribution >= 4 is 11.8 Å². The smallest absolute Gasteiger partial charge is 0.251 e. The number of carbonyl (C=O) groups excluding carboxylic acids is 2. The third-order valence-electron chi connectivity index (χ3n) is 3.45. The van der Waals surface area contributed by atoms with Crippen molar-refractivity contribution in [2.24, 2.45) is 5.92 Å². The highest BCUT2D eigenvalue weighted by Crippen LogP contribution is 2.29. The number of rotatable bonds is 8. The molecule has 0 bridgehead atoms. The Morgan fingerprint density at radius 3 is 2.48 bits per heavy atom. The van der Waals surface area contributed by atoms with Gasteiger partial charge in [0, 0.05) is 24.6 Å². The maximum atomic E-state index is 12.1. The first-order valence-electron chi connectivity index (χ1n) is 7.92. The monoisotopic (exact) mass is 320 g/mol. The number of carbonyl (C=O) groups is 2. The van der Waals surface area contributed by atoms with Gasteiger partial charge in [0.1, 0.15) is 0 Å². The van der Waals surface area contributed by atoms with Crippen LogP contribution >= 0.6 is 0 Å². The Hall–Kier alpha value is -2.24. The molecule has 0 atom stereocenters. The molecule has 23 heavy (non-hydrogen) atoms. The van der Waals surface area contributed by atoms with Gasteiger partial charge in [-0.1, -0.05) is 0 Å². The molecular weight excluding hydrogens is 296 g/mol. The van der Waals surface area contributed by atoms with E-state index in [0.717, 1.165) is 12.8 Å². The zero-order valence-corrected chi connectivity index (χ0v) is 13.8. The molecule has 2 rings (SSSR count). The number of hydrogen-bond donors (Lipinski definition) is 2. The fourth-order valence-corrected chi connectivity index (χ4v) is 2.11.